The lowest BCUT2D eigenvalue weighted by molar-refractivity contribution is 0.283. The number of rotatable bonds is 0. The lowest BCUT2D eigenvalue weighted by atomic mass is 9.79. The molecular weight excluding hydrogens is 194 g/mol. The molecule has 0 radical (unpaired) electrons. The summed E-state index contributed by atoms with van der Waals surface area (Å²) in [5.74, 6) is 0. The zero-order valence-electron chi connectivity index (χ0n) is 9.78. The van der Waals surface area contributed by atoms with E-state index in [0.717, 1.165) is 0 Å². The Morgan fingerprint density at radius 2 is 1.75 bits per heavy atom. The van der Waals surface area contributed by atoms with Gasteiger partial charge in [0, 0.05) is 6.21 Å². The van der Waals surface area contributed by atoms with Crippen molar-refractivity contribution in [3.8, 4) is 0 Å². The van der Waals surface area contributed by atoms with Crippen LogP contribution in [0.25, 0.3) is 0 Å². The van der Waals surface area contributed by atoms with Crippen LogP contribution in [0.4, 0.5) is 0 Å². The zero-order chi connectivity index (χ0) is 10.8. The number of hydrogen-bond acceptors (Lipinski definition) is 1. The van der Waals surface area contributed by atoms with Crippen LogP contribution in [0, 0.1) is 0 Å². The molecule has 84 valence electrons. The van der Waals surface area contributed by atoms with Crippen LogP contribution in [0.1, 0.15) is 49.7 Å². The number of hydrogen-bond donors (Lipinski definition) is 0. The summed E-state index contributed by atoms with van der Waals surface area (Å²) in [4.78, 5) is 4.93. The van der Waals surface area contributed by atoms with Gasteiger partial charge in [0.05, 0.1) is 5.54 Å². The van der Waals surface area contributed by atoms with E-state index in [4.69, 9.17) is 4.99 Å². The third-order valence-electron chi connectivity index (χ3n) is 4.18. The van der Waals surface area contributed by atoms with Crippen LogP contribution >= 0.6 is 0 Å². The molecule has 16 heavy (non-hydrogen) atoms. The monoisotopic (exact) mass is 213 g/mol. The van der Waals surface area contributed by atoms with E-state index >= 15 is 0 Å². The Labute approximate surface area is 97.6 Å². The van der Waals surface area contributed by atoms with Crippen molar-refractivity contribution in [1.82, 2.24) is 0 Å². The molecule has 1 aliphatic heterocycles. The van der Waals surface area contributed by atoms with Gasteiger partial charge in [-0.1, -0.05) is 43.5 Å². The molecule has 1 aromatic carbocycles. The average molecular weight is 213 g/mol. The second-order valence-corrected chi connectivity index (χ2v) is 5.24. The van der Waals surface area contributed by atoms with Crippen LogP contribution in [0.5, 0.6) is 0 Å². The topological polar surface area (TPSA) is 12.4 Å². The van der Waals surface area contributed by atoms with Gasteiger partial charge in [-0.25, -0.2) is 0 Å². The van der Waals surface area contributed by atoms with Crippen molar-refractivity contribution in [2.45, 2.75) is 50.5 Å². The van der Waals surface area contributed by atoms with Gasteiger partial charge in [0.2, 0.25) is 0 Å². The molecule has 1 nitrogen and oxygen atoms in total. The molecule has 1 spiro atoms. The van der Waals surface area contributed by atoms with Crippen molar-refractivity contribution in [2.24, 2.45) is 4.99 Å². The van der Waals surface area contributed by atoms with E-state index in [1.165, 1.54) is 56.1 Å². The van der Waals surface area contributed by atoms with Crippen molar-refractivity contribution in [3.63, 3.8) is 0 Å². The first-order valence-electron chi connectivity index (χ1n) is 6.51. The third kappa shape index (κ3) is 1.79. The van der Waals surface area contributed by atoms with E-state index in [1.807, 2.05) is 0 Å². The lowest BCUT2D eigenvalue weighted by Gasteiger charge is -2.32. The van der Waals surface area contributed by atoms with Crippen LogP contribution in [-0.4, -0.2) is 11.8 Å². The Kier molecular flexibility index (Phi) is 2.55. The Morgan fingerprint density at radius 1 is 0.938 bits per heavy atom. The summed E-state index contributed by atoms with van der Waals surface area (Å²) < 4.78 is 0. The number of aryl methyl sites for hydroxylation is 1. The molecule has 0 N–H and O–H groups in total. The summed E-state index contributed by atoms with van der Waals surface area (Å²) in [6, 6.07) is 8.71. The second-order valence-electron chi connectivity index (χ2n) is 5.24. The summed E-state index contributed by atoms with van der Waals surface area (Å²) in [6.07, 6.45) is 11.3. The van der Waals surface area contributed by atoms with E-state index in [2.05, 4.69) is 30.5 Å². The third-order valence-corrected chi connectivity index (χ3v) is 4.18. The maximum absolute atomic E-state index is 4.93. The molecule has 1 heteroatoms. The van der Waals surface area contributed by atoms with Crippen LogP contribution in [0.15, 0.2) is 29.3 Å². The highest BCUT2D eigenvalue weighted by molar-refractivity contribution is 5.82. The first-order valence-corrected chi connectivity index (χ1v) is 6.51. The van der Waals surface area contributed by atoms with Crippen LogP contribution in [-0.2, 0) is 6.42 Å². The maximum Gasteiger partial charge on any atom is 0.0611 e. The minimum absolute atomic E-state index is 0.289. The summed E-state index contributed by atoms with van der Waals surface area (Å²) in [7, 11) is 0. The summed E-state index contributed by atoms with van der Waals surface area (Å²) in [5, 5.41) is 0. The number of benzene rings is 1. The fourth-order valence-electron chi connectivity index (χ4n) is 3.12. The molecule has 3 rings (SSSR count). The predicted octanol–water partition coefficient (Wildman–Crippen LogP) is 3.75. The molecule has 0 saturated heterocycles. The number of nitrogens with zero attached hydrogens (tertiary/aromatic N) is 1. The normalized spacial score (nSPS) is 22.8. The Morgan fingerprint density at radius 3 is 2.62 bits per heavy atom. The van der Waals surface area contributed by atoms with Crippen molar-refractivity contribution in [3.05, 3.63) is 35.4 Å². The Bertz CT molecular complexity index is 400. The van der Waals surface area contributed by atoms with Crippen LogP contribution < -0.4 is 0 Å². The summed E-state index contributed by atoms with van der Waals surface area (Å²) in [5.41, 5.74) is 3.11. The van der Waals surface area contributed by atoms with Gasteiger partial charge in [0.1, 0.15) is 0 Å². The largest absolute Gasteiger partial charge is 0.286 e. The van der Waals surface area contributed by atoms with E-state index < -0.39 is 0 Å². The minimum atomic E-state index is 0.289. The first-order chi connectivity index (χ1) is 7.88. The standard InChI is InChI=1S/C15H19N/c1-4-9-15(10-5-1)11-8-13-6-2-3-7-14(13)12-16-15/h2-3,6-7,12H,1,4-5,8-11H2. The highest BCUT2D eigenvalue weighted by Crippen LogP contribution is 2.37. The van der Waals surface area contributed by atoms with Crippen LogP contribution in [0.3, 0.4) is 0 Å². The van der Waals surface area contributed by atoms with Gasteiger partial charge in [-0.2, -0.15) is 0 Å². The minimum Gasteiger partial charge on any atom is -0.286 e. The number of fused-ring (bicyclic) bond motifs is 1. The summed E-state index contributed by atoms with van der Waals surface area (Å²) >= 11 is 0. The highest BCUT2D eigenvalue weighted by atomic mass is 14.9. The average Bonchev–Trinajstić information content (AvgIpc) is 2.52. The molecule has 0 amide bonds. The van der Waals surface area contributed by atoms with Gasteiger partial charge in [-0.15, -0.1) is 0 Å². The maximum atomic E-state index is 4.93. The highest BCUT2D eigenvalue weighted by Gasteiger charge is 2.31. The van der Waals surface area contributed by atoms with Crippen molar-refractivity contribution in [2.75, 3.05) is 0 Å². The summed E-state index contributed by atoms with van der Waals surface area (Å²) in [6.45, 7) is 0. The Hall–Kier alpha value is -1.11. The van der Waals surface area contributed by atoms with Crippen molar-refractivity contribution < 1.29 is 0 Å². The molecule has 1 aromatic rings. The quantitative estimate of drug-likeness (QED) is 0.622. The molecule has 1 heterocycles. The molecular formula is C15H19N. The SMILES string of the molecule is C1=NC2(CCCCC2)CCc2ccccc21. The molecule has 1 fully saturated rings. The van der Waals surface area contributed by atoms with Gasteiger partial charge >= 0.3 is 0 Å². The molecule has 0 atom stereocenters. The second kappa shape index (κ2) is 4.04. The molecule has 0 bridgehead atoms. The van der Waals surface area contributed by atoms with Crippen molar-refractivity contribution in [1.29, 1.82) is 0 Å². The van der Waals surface area contributed by atoms with Gasteiger partial charge in [0.25, 0.3) is 0 Å². The van der Waals surface area contributed by atoms with E-state index in [-0.39, 0.29) is 5.54 Å². The van der Waals surface area contributed by atoms with Gasteiger partial charge in [0.15, 0.2) is 0 Å². The first kappa shape index (κ1) is 10.1. The van der Waals surface area contributed by atoms with E-state index in [0.29, 0.717) is 0 Å². The van der Waals surface area contributed by atoms with E-state index in [9.17, 15) is 0 Å². The van der Waals surface area contributed by atoms with Gasteiger partial charge in [-0.3, -0.25) is 4.99 Å². The Balaban J connectivity index is 1.90. The molecule has 1 aliphatic carbocycles. The predicted molar refractivity (Wildman–Crippen MR) is 68.2 cm³/mol. The fraction of sp³-hybridized carbons (Fsp3) is 0.533. The zero-order valence-corrected chi connectivity index (χ0v) is 9.78. The molecule has 0 aromatic heterocycles. The lowest BCUT2D eigenvalue weighted by Crippen LogP contribution is -2.29. The van der Waals surface area contributed by atoms with E-state index in [1.54, 1.807) is 0 Å². The van der Waals surface area contributed by atoms with Crippen molar-refractivity contribution >= 4 is 6.21 Å². The number of aliphatic imine (C=N–C) groups is 1. The molecule has 2 aliphatic rings. The van der Waals surface area contributed by atoms with Gasteiger partial charge < -0.3 is 0 Å². The van der Waals surface area contributed by atoms with Crippen LogP contribution in [0.2, 0.25) is 0 Å². The molecule has 1 saturated carbocycles. The molecule has 0 unspecified atom stereocenters. The fourth-order valence-corrected chi connectivity index (χ4v) is 3.12. The van der Waals surface area contributed by atoms with Gasteiger partial charge in [-0.05, 0) is 36.8 Å². The smallest absolute Gasteiger partial charge is 0.0611 e.